The smallest absolute Gasteiger partial charge is 0.273 e. The number of oxazole rings is 1. The summed E-state index contributed by atoms with van der Waals surface area (Å²) in [6.07, 6.45) is 1.40. The maximum absolute atomic E-state index is 12.1. The molecule has 0 fully saturated rings. The number of aromatic nitrogens is 1. The normalized spacial score (nSPS) is 12.6. The Hall–Kier alpha value is -1.89. The fourth-order valence-corrected chi connectivity index (χ4v) is 2.73. The van der Waals surface area contributed by atoms with Crippen LogP contribution < -0.4 is 5.32 Å². The van der Waals surface area contributed by atoms with Crippen LogP contribution in [0.2, 0.25) is 5.02 Å². The van der Waals surface area contributed by atoms with Crippen molar-refractivity contribution in [3.8, 4) is 0 Å². The van der Waals surface area contributed by atoms with E-state index in [1.54, 1.807) is 7.11 Å². The van der Waals surface area contributed by atoms with Crippen molar-refractivity contribution >= 4 is 17.5 Å². The Morgan fingerprint density at radius 3 is 2.59 bits per heavy atom. The van der Waals surface area contributed by atoms with E-state index in [-0.39, 0.29) is 11.6 Å². The monoisotopic (exact) mass is 393 g/mol. The topological polar surface area (TPSA) is 67.6 Å². The number of ether oxygens (including phenoxy) is 1. The lowest BCUT2D eigenvalue weighted by Gasteiger charge is -2.30. The van der Waals surface area contributed by atoms with Crippen molar-refractivity contribution in [1.29, 1.82) is 0 Å². The van der Waals surface area contributed by atoms with E-state index in [0.717, 1.165) is 17.1 Å². The number of carbonyl (C=O) groups is 1. The van der Waals surface area contributed by atoms with E-state index in [1.165, 1.54) is 6.26 Å². The van der Waals surface area contributed by atoms with Crippen molar-refractivity contribution in [2.24, 2.45) is 5.92 Å². The minimum Gasteiger partial charge on any atom is -0.447 e. The zero-order valence-electron chi connectivity index (χ0n) is 16.4. The third-order valence-corrected chi connectivity index (χ3v) is 4.81. The van der Waals surface area contributed by atoms with Crippen molar-refractivity contribution in [3.05, 3.63) is 52.7 Å². The van der Waals surface area contributed by atoms with Crippen LogP contribution in [0.5, 0.6) is 0 Å². The van der Waals surface area contributed by atoms with Crippen LogP contribution in [0.15, 0.2) is 34.9 Å². The molecule has 148 valence electrons. The second-order valence-electron chi connectivity index (χ2n) is 6.89. The van der Waals surface area contributed by atoms with Gasteiger partial charge in [-0.15, -0.1) is 0 Å². The lowest BCUT2D eigenvalue weighted by molar-refractivity contribution is 0.0932. The second-order valence-corrected chi connectivity index (χ2v) is 7.33. The van der Waals surface area contributed by atoms with Gasteiger partial charge in [-0.1, -0.05) is 37.6 Å². The first-order valence-electron chi connectivity index (χ1n) is 9.10. The second kappa shape index (κ2) is 10.4. The Bertz CT molecular complexity index is 716. The van der Waals surface area contributed by atoms with Gasteiger partial charge in [-0.25, -0.2) is 4.98 Å². The van der Waals surface area contributed by atoms with E-state index < -0.39 is 0 Å². The van der Waals surface area contributed by atoms with Gasteiger partial charge in [0.2, 0.25) is 5.89 Å². The number of hydrogen-bond donors (Lipinski definition) is 1. The van der Waals surface area contributed by atoms with Gasteiger partial charge >= 0.3 is 0 Å². The van der Waals surface area contributed by atoms with Gasteiger partial charge in [0.25, 0.3) is 5.91 Å². The molecule has 7 heteroatoms. The average molecular weight is 394 g/mol. The minimum atomic E-state index is -0.261. The highest BCUT2D eigenvalue weighted by molar-refractivity contribution is 6.30. The van der Waals surface area contributed by atoms with Crippen LogP contribution in [-0.4, -0.2) is 42.1 Å². The highest BCUT2D eigenvalue weighted by atomic mass is 35.5. The van der Waals surface area contributed by atoms with Crippen molar-refractivity contribution < 1.29 is 13.9 Å². The van der Waals surface area contributed by atoms with Gasteiger partial charge in [0.15, 0.2) is 5.69 Å². The molecule has 1 aromatic carbocycles. The standard InChI is InChI=1S/C20H28ClN3O3/c1-14(2)15(3)24(11-16-5-7-17(21)8-6-16)12-19-23-18(13-27-19)20(25)22-9-10-26-4/h5-8,13-15H,9-12H2,1-4H3,(H,22,25). The predicted molar refractivity (Wildman–Crippen MR) is 106 cm³/mol. The molecule has 0 bridgehead atoms. The van der Waals surface area contributed by atoms with Crippen molar-refractivity contribution in [3.63, 3.8) is 0 Å². The molecular weight excluding hydrogens is 366 g/mol. The minimum absolute atomic E-state index is 0.261. The number of nitrogens with one attached hydrogen (secondary N) is 1. The van der Waals surface area contributed by atoms with Crippen LogP contribution in [0.1, 0.15) is 42.7 Å². The van der Waals surface area contributed by atoms with Crippen LogP contribution in [-0.2, 0) is 17.8 Å². The Morgan fingerprint density at radius 2 is 1.96 bits per heavy atom. The molecule has 0 radical (unpaired) electrons. The molecular formula is C20H28ClN3O3. The predicted octanol–water partition coefficient (Wildman–Crippen LogP) is 3.75. The maximum atomic E-state index is 12.1. The number of nitrogens with zero attached hydrogens (tertiary/aromatic N) is 2. The number of hydrogen-bond acceptors (Lipinski definition) is 5. The number of carbonyl (C=O) groups excluding carboxylic acids is 1. The van der Waals surface area contributed by atoms with E-state index in [0.29, 0.717) is 37.5 Å². The number of halogens is 1. The highest BCUT2D eigenvalue weighted by Gasteiger charge is 2.21. The first kappa shape index (κ1) is 21.4. The first-order valence-corrected chi connectivity index (χ1v) is 9.48. The molecule has 0 saturated carbocycles. The fraction of sp³-hybridized carbons (Fsp3) is 0.500. The molecule has 0 spiro atoms. The number of rotatable bonds is 10. The van der Waals surface area contributed by atoms with E-state index in [4.69, 9.17) is 20.8 Å². The summed E-state index contributed by atoms with van der Waals surface area (Å²) in [4.78, 5) is 18.7. The van der Waals surface area contributed by atoms with Gasteiger partial charge in [0.1, 0.15) is 6.26 Å². The molecule has 1 aromatic heterocycles. The molecule has 1 unspecified atom stereocenters. The molecule has 1 heterocycles. The molecule has 6 nitrogen and oxygen atoms in total. The SMILES string of the molecule is COCCNC(=O)c1coc(CN(Cc2ccc(Cl)cc2)C(C)C(C)C)n1. The molecule has 2 rings (SSSR count). The fourth-order valence-electron chi connectivity index (χ4n) is 2.61. The molecule has 1 atom stereocenters. The summed E-state index contributed by atoms with van der Waals surface area (Å²) in [7, 11) is 1.59. The Balaban J connectivity index is 2.06. The van der Waals surface area contributed by atoms with E-state index in [2.05, 4.69) is 36.0 Å². The summed E-state index contributed by atoms with van der Waals surface area (Å²) in [5.74, 6) is 0.723. The van der Waals surface area contributed by atoms with Gasteiger partial charge < -0.3 is 14.5 Å². The lowest BCUT2D eigenvalue weighted by Crippen LogP contribution is -2.36. The van der Waals surface area contributed by atoms with Crippen LogP contribution in [0.3, 0.4) is 0 Å². The quantitative estimate of drug-likeness (QED) is 0.622. The van der Waals surface area contributed by atoms with Crippen LogP contribution in [0.25, 0.3) is 0 Å². The van der Waals surface area contributed by atoms with Gasteiger partial charge in [-0.05, 0) is 30.5 Å². The maximum Gasteiger partial charge on any atom is 0.273 e. The summed E-state index contributed by atoms with van der Waals surface area (Å²) >= 11 is 5.98. The lowest BCUT2D eigenvalue weighted by atomic mass is 10.0. The van der Waals surface area contributed by atoms with Crippen molar-refractivity contribution in [1.82, 2.24) is 15.2 Å². The third kappa shape index (κ3) is 6.65. The van der Waals surface area contributed by atoms with Gasteiger partial charge in [0, 0.05) is 31.3 Å². The zero-order chi connectivity index (χ0) is 19.8. The third-order valence-electron chi connectivity index (χ3n) is 4.55. The molecule has 27 heavy (non-hydrogen) atoms. The first-order chi connectivity index (χ1) is 12.9. The zero-order valence-corrected chi connectivity index (χ0v) is 17.1. The van der Waals surface area contributed by atoms with Crippen LogP contribution >= 0.6 is 11.6 Å². The van der Waals surface area contributed by atoms with Crippen LogP contribution in [0.4, 0.5) is 0 Å². The summed E-state index contributed by atoms with van der Waals surface area (Å²) in [6, 6.07) is 8.14. The summed E-state index contributed by atoms with van der Waals surface area (Å²) in [5.41, 5.74) is 1.45. The van der Waals surface area contributed by atoms with Crippen molar-refractivity contribution in [2.45, 2.75) is 39.9 Å². The number of methoxy groups -OCH3 is 1. The molecule has 0 aliphatic carbocycles. The van der Waals surface area contributed by atoms with Gasteiger partial charge in [-0.3, -0.25) is 9.69 Å². The summed E-state index contributed by atoms with van der Waals surface area (Å²) < 4.78 is 10.5. The van der Waals surface area contributed by atoms with Gasteiger partial charge in [0.05, 0.1) is 13.2 Å². The largest absolute Gasteiger partial charge is 0.447 e. The number of benzene rings is 1. The highest BCUT2D eigenvalue weighted by Crippen LogP contribution is 2.19. The molecule has 2 aromatic rings. The summed E-state index contributed by atoms with van der Waals surface area (Å²) in [5, 5.41) is 3.46. The summed E-state index contributed by atoms with van der Waals surface area (Å²) in [6.45, 7) is 8.71. The molecule has 0 saturated heterocycles. The van der Waals surface area contributed by atoms with Crippen LogP contribution in [0, 0.1) is 5.92 Å². The Labute approximate surface area is 165 Å². The van der Waals surface area contributed by atoms with E-state index in [1.807, 2.05) is 24.3 Å². The molecule has 1 N–H and O–H groups in total. The van der Waals surface area contributed by atoms with Gasteiger partial charge in [-0.2, -0.15) is 0 Å². The Kier molecular flexibility index (Phi) is 8.28. The van der Waals surface area contributed by atoms with E-state index in [9.17, 15) is 4.79 Å². The molecule has 0 aliphatic rings. The average Bonchev–Trinajstić information content (AvgIpc) is 3.11. The molecule has 1 amide bonds. The Morgan fingerprint density at radius 1 is 1.26 bits per heavy atom. The van der Waals surface area contributed by atoms with E-state index >= 15 is 0 Å². The number of amides is 1. The molecule has 0 aliphatic heterocycles. The van der Waals surface area contributed by atoms with Crippen molar-refractivity contribution in [2.75, 3.05) is 20.3 Å².